The minimum Gasteiger partial charge on any atom is -0.348 e. The summed E-state index contributed by atoms with van der Waals surface area (Å²) >= 11 is 0. The van der Waals surface area contributed by atoms with Crippen LogP contribution in [0.3, 0.4) is 0 Å². The van der Waals surface area contributed by atoms with Crippen LogP contribution in [0.1, 0.15) is 27.3 Å². The maximum Gasteiger partial charge on any atom is 0.254 e. The number of nitrogens with zero attached hydrogens (tertiary/aromatic N) is 2. The highest BCUT2D eigenvalue weighted by Gasteiger charge is 2.23. The molecule has 1 aliphatic heterocycles. The minimum atomic E-state index is 0.0867. The molecule has 0 aliphatic carbocycles. The topological polar surface area (TPSA) is 49.0 Å². The van der Waals surface area contributed by atoms with Crippen molar-refractivity contribution in [2.75, 3.05) is 6.54 Å². The third kappa shape index (κ3) is 1.90. The molecule has 4 heteroatoms. The summed E-state index contributed by atoms with van der Waals surface area (Å²) in [5, 5.41) is 0. The van der Waals surface area contributed by atoms with E-state index in [1.165, 1.54) is 5.56 Å². The zero-order chi connectivity index (χ0) is 12.5. The Hall–Kier alpha value is -2.10. The smallest absolute Gasteiger partial charge is 0.254 e. The molecule has 0 saturated carbocycles. The molecule has 1 aromatic heterocycles. The summed E-state index contributed by atoms with van der Waals surface area (Å²) in [5.74, 6) is 0.0867. The van der Waals surface area contributed by atoms with Gasteiger partial charge in [-0.3, -0.25) is 4.79 Å². The monoisotopic (exact) mass is 241 g/mol. The van der Waals surface area contributed by atoms with Crippen LogP contribution in [0.5, 0.6) is 0 Å². The van der Waals surface area contributed by atoms with E-state index in [0.717, 1.165) is 29.9 Å². The lowest BCUT2D eigenvalue weighted by Crippen LogP contribution is -2.36. The number of hydrogen-bond acceptors (Lipinski definition) is 2. The summed E-state index contributed by atoms with van der Waals surface area (Å²) in [6.07, 6.45) is 2.55. The maximum absolute atomic E-state index is 12.3. The zero-order valence-electron chi connectivity index (χ0n) is 10.3. The highest BCUT2D eigenvalue weighted by molar-refractivity contribution is 5.94. The molecule has 18 heavy (non-hydrogen) atoms. The Morgan fingerprint density at radius 2 is 2.11 bits per heavy atom. The van der Waals surface area contributed by atoms with Gasteiger partial charge in [-0.2, -0.15) is 0 Å². The number of imidazole rings is 1. The van der Waals surface area contributed by atoms with E-state index in [1.807, 2.05) is 36.1 Å². The molecule has 0 atom stereocenters. The Balaban J connectivity index is 1.80. The quantitative estimate of drug-likeness (QED) is 0.829. The van der Waals surface area contributed by atoms with Gasteiger partial charge in [0.1, 0.15) is 0 Å². The van der Waals surface area contributed by atoms with Crippen molar-refractivity contribution in [3.63, 3.8) is 0 Å². The molecule has 3 rings (SSSR count). The van der Waals surface area contributed by atoms with E-state index >= 15 is 0 Å². The molecule has 0 fully saturated rings. The summed E-state index contributed by atoms with van der Waals surface area (Å²) in [4.78, 5) is 21.5. The summed E-state index contributed by atoms with van der Waals surface area (Å²) in [6, 6.07) is 7.71. The van der Waals surface area contributed by atoms with Crippen LogP contribution in [-0.2, 0) is 13.0 Å². The van der Waals surface area contributed by atoms with E-state index in [4.69, 9.17) is 0 Å². The second-order valence-electron chi connectivity index (χ2n) is 4.67. The van der Waals surface area contributed by atoms with Crippen molar-refractivity contribution in [1.82, 2.24) is 14.9 Å². The molecule has 1 N–H and O–H groups in total. The lowest BCUT2D eigenvalue weighted by atomic mass is 10.1. The molecule has 4 nitrogen and oxygen atoms in total. The van der Waals surface area contributed by atoms with Gasteiger partial charge in [-0.15, -0.1) is 0 Å². The van der Waals surface area contributed by atoms with Gasteiger partial charge in [-0.25, -0.2) is 4.98 Å². The largest absolute Gasteiger partial charge is 0.348 e. The van der Waals surface area contributed by atoms with Crippen molar-refractivity contribution in [2.45, 2.75) is 19.9 Å². The Labute approximate surface area is 106 Å². The first-order valence-electron chi connectivity index (χ1n) is 6.11. The van der Waals surface area contributed by atoms with Crippen LogP contribution >= 0.6 is 0 Å². The molecule has 1 aliphatic rings. The Morgan fingerprint density at radius 3 is 2.89 bits per heavy atom. The average molecular weight is 241 g/mol. The Kier molecular flexibility index (Phi) is 2.63. The second-order valence-corrected chi connectivity index (χ2v) is 4.67. The first kappa shape index (κ1) is 11.0. The molecule has 1 amide bonds. The fraction of sp³-hybridized carbons (Fsp3) is 0.286. The van der Waals surface area contributed by atoms with Gasteiger partial charge < -0.3 is 9.88 Å². The number of rotatable bonds is 1. The van der Waals surface area contributed by atoms with E-state index in [9.17, 15) is 4.79 Å². The van der Waals surface area contributed by atoms with Gasteiger partial charge in [-0.1, -0.05) is 17.7 Å². The van der Waals surface area contributed by atoms with Crippen molar-refractivity contribution < 1.29 is 4.79 Å². The van der Waals surface area contributed by atoms with Crippen molar-refractivity contribution >= 4 is 5.91 Å². The predicted octanol–water partition coefficient (Wildman–Crippen LogP) is 1.92. The summed E-state index contributed by atoms with van der Waals surface area (Å²) < 4.78 is 0. The lowest BCUT2D eigenvalue weighted by molar-refractivity contribution is 0.0732. The molecule has 0 unspecified atom stereocenters. The maximum atomic E-state index is 12.3. The van der Waals surface area contributed by atoms with Gasteiger partial charge in [0.15, 0.2) is 0 Å². The fourth-order valence-electron chi connectivity index (χ4n) is 2.26. The third-order valence-corrected chi connectivity index (χ3v) is 3.37. The molecule has 2 aromatic rings. The molecule has 2 heterocycles. The molecule has 0 saturated heterocycles. The van der Waals surface area contributed by atoms with Crippen molar-refractivity contribution in [1.29, 1.82) is 0 Å². The molecule has 92 valence electrons. The van der Waals surface area contributed by atoms with Gasteiger partial charge >= 0.3 is 0 Å². The number of aromatic amines is 1. The van der Waals surface area contributed by atoms with Crippen molar-refractivity contribution in [2.24, 2.45) is 0 Å². The Morgan fingerprint density at radius 1 is 1.33 bits per heavy atom. The average Bonchev–Trinajstić information content (AvgIpc) is 2.86. The van der Waals surface area contributed by atoms with Gasteiger partial charge in [-0.05, 0) is 19.1 Å². The molecule has 0 radical (unpaired) electrons. The number of amides is 1. The van der Waals surface area contributed by atoms with E-state index < -0.39 is 0 Å². The van der Waals surface area contributed by atoms with Crippen LogP contribution < -0.4 is 0 Å². The first-order valence-corrected chi connectivity index (χ1v) is 6.11. The van der Waals surface area contributed by atoms with Crippen LogP contribution in [0, 0.1) is 6.92 Å². The number of benzene rings is 1. The number of aryl methyl sites for hydroxylation is 1. The molecular formula is C14H15N3O. The number of hydrogen-bond donors (Lipinski definition) is 1. The number of fused-ring (bicyclic) bond motifs is 1. The molecule has 1 aromatic carbocycles. The lowest BCUT2D eigenvalue weighted by Gasteiger charge is -2.26. The summed E-state index contributed by atoms with van der Waals surface area (Å²) in [6.45, 7) is 3.37. The van der Waals surface area contributed by atoms with Crippen LogP contribution in [0.25, 0.3) is 0 Å². The molecule has 0 spiro atoms. The van der Waals surface area contributed by atoms with Gasteiger partial charge in [0.2, 0.25) is 0 Å². The number of aromatic nitrogens is 2. The molecule has 0 bridgehead atoms. The Bertz CT molecular complexity index is 571. The number of carbonyl (C=O) groups is 1. The SMILES string of the molecule is Cc1ccc(C(=O)N2CCc3[nH]cnc3C2)cc1. The highest BCUT2D eigenvalue weighted by atomic mass is 16.2. The highest BCUT2D eigenvalue weighted by Crippen LogP contribution is 2.17. The van der Waals surface area contributed by atoms with Crippen molar-refractivity contribution in [3.8, 4) is 0 Å². The standard InChI is InChI=1S/C14H15N3O/c1-10-2-4-11(5-3-10)14(18)17-7-6-12-13(8-17)16-9-15-12/h2-5,9H,6-8H2,1H3,(H,15,16). The zero-order valence-corrected chi connectivity index (χ0v) is 10.3. The van der Waals surface area contributed by atoms with Crippen LogP contribution in [0.2, 0.25) is 0 Å². The normalized spacial score (nSPS) is 14.4. The predicted molar refractivity (Wildman–Crippen MR) is 68.2 cm³/mol. The fourth-order valence-corrected chi connectivity index (χ4v) is 2.26. The first-order chi connectivity index (χ1) is 8.74. The van der Waals surface area contributed by atoms with Gasteiger partial charge in [0.05, 0.1) is 18.6 Å². The van der Waals surface area contributed by atoms with E-state index in [1.54, 1.807) is 6.33 Å². The third-order valence-electron chi connectivity index (χ3n) is 3.37. The van der Waals surface area contributed by atoms with Gasteiger partial charge in [0, 0.05) is 24.2 Å². The van der Waals surface area contributed by atoms with Crippen LogP contribution in [0.4, 0.5) is 0 Å². The van der Waals surface area contributed by atoms with E-state index in [0.29, 0.717) is 6.54 Å². The minimum absolute atomic E-state index is 0.0867. The number of carbonyl (C=O) groups excluding carboxylic acids is 1. The van der Waals surface area contributed by atoms with Gasteiger partial charge in [0.25, 0.3) is 5.91 Å². The van der Waals surface area contributed by atoms with Crippen molar-refractivity contribution in [3.05, 3.63) is 53.1 Å². The second kappa shape index (κ2) is 4.29. The van der Waals surface area contributed by atoms with Crippen LogP contribution in [-0.4, -0.2) is 27.3 Å². The van der Waals surface area contributed by atoms with Crippen LogP contribution in [0.15, 0.2) is 30.6 Å². The summed E-state index contributed by atoms with van der Waals surface area (Å²) in [5.41, 5.74) is 4.06. The number of nitrogens with one attached hydrogen (secondary N) is 1. The number of H-pyrrole nitrogens is 1. The van der Waals surface area contributed by atoms with E-state index in [2.05, 4.69) is 9.97 Å². The molecular weight excluding hydrogens is 226 g/mol. The summed E-state index contributed by atoms with van der Waals surface area (Å²) in [7, 11) is 0. The van der Waals surface area contributed by atoms with E-state index in [-0.39, 0.29) is 5.91 Å².